The van der Waals surface area contributed by atoms with Crippen molar-refractivity contribution in [2.24, 2.45) is 0 Å². The minimum Gasteiger partial charge on any atom is -0.491 e. The van der Waals surface area contributed by atoms with E-state index in [0.29, 0.717) is 30.0 Å². The number of halogens is 3. The predicted octanol–water partition coefficient (Wildman–Crippen LogP) is 3.82. The summed E-state index contributed by atoms with van der Waals surface area (Å²) in [6.07, 6.45) is -0.139. The molecule has 30 heavy (non-hydrogen) atoms. The number of ketones is 1. The standard InChI is InChI=1S/C22H27FN2O3.2ClH/c1-2-22(27)17-7-9-19(10-8-17)28-16-18(26)15-24-11-13-25(14-12-24)21-6-4-3-5-20(21)23;;/h3-10,18,26H,2,11-16H2,1H3;2*1H. The number of Topliss-reactive ketones (excluding diaryl/α,β-unsaturated/α-hetero) is 1. The van der Waals surface area contributed by atoms with Gasteiger partial charge in [-0.1, -0.05) is 19.1 Å². The van der Waals surface area contributed by atoms with Gasteiger partial charge in [-0.2, -0.15) is 0 Å². The van der Waals surface area contributed by atoms with Crippen LogP contribution < -0.4 is 9.64 Å². The van der Waals surface area contributed by atoms with Crippen molar-refractivity contribution in [2.75, 3.05) is 44.2 Å². The van der Waals surface area contributed by atoms with Crippen LogP contribution in [0.4, 0.5) is 10.1 Å². The van der Waals surface area contributed by atoms with Gasteiger partial charge in [0.2, 0.25) is 0 Å². The van der Waals surface area contributed by atoms with Crippen LogP contribution in [0.5, 0.6) is 5.75 Å². The van der Waals surface area contributed by atoms with E-state index < -0.39 is 6.10 Å². The first kappa shape index (κ1) is 26.2. The minimum atomic E-state index is -0.614. The number of carbonyl (C=O) groups is 1. The Balaban J connectivity index is 0.00000225. The number of hydrogen-bond donors (Lipinski definition) is 1. The lowest BCUT2D eigenvalue weighted by Crippen LogP contribution is -2.49. The number of hydrogen-bond acceptors (Lipinski definition) is 5. The van der Waals surface area contributed by atoms with E-state index in [1.165, 1.54) is 6.07 Å². The van der Waals surface area contributed by atoms with Gasteiger partial charge >= 0.3 is 0 Å². The lowest BCUT2D eigenvalue weighted by Gasteiger charge is -2.36. The Bertz CT molecular complexity index is 784. The Morgan fingerprint density at radius 3 is 2.30 bits per heavy atom. The number of β-amino-alcohol motifs (C(OH)–C–C–N with tert-alkyl or cyclic N) is 1. The Labute approximate surface area is 189 Å². The van der Waals surface area contributed by atoms with Crippen LogP contribution in [0.1, 0.15) is 23.7 Å². The number of anilines is 1. The highest BCUT2D eigenvalue weighted by atomic mass is 35.5. The average molecular weight is 459 g/mol. The molecule has 166 valence electrons. The van der Waals surface area contributed by atoms with Crippen molar-refractivity contribution in [3.05, 3.63) is 59.9 Å². The van der Waals surface area contributed by atoms with Crippen LogP contribution in [-0.2, 0) is 0 Å². The third kappa shape index (κ3) is 7.13. The summed E-state index contributed by atoms with van der Waals surface area (Å²) in [7, 11) is 0. The molecule has 1 aliphatic heterocycles. The van der Waals surface area contributed by atoms with Crippen LogP contribution in [0, 0.1) is 5.82 Å². The molecule has 1 atom stereocenters. The number of benzene rings is 2. The molecule has 0 amide bonds. The Morgan fingerprint density at radius 1 is 1.07 bits per heavy atom. The van der Waals surface area contributed by atoms with Gasteiger partial charge in [0.05, 0.1) is 5.69 Å². The first-order valence-electron chi connectivity index (χ1n) is 9.72. The third-order valence-electron chi connectivity index (χ3n) is 4.97. The molecule has 1 saturated heterocycles. The lowest BCUT2D eigenvalue weighted by molar-refractivity contribution is 0.0662. The highest BCUT2D eigenvalue weighted by Gasteiger charge is 2.21. The molecular formula is C22H29Cl2FN2O3. The molecule has 0 spiro atoms. The van der Waals surface area contributed by atoms with Gasteiger partial charge < -0.3 is 14.7 Å². The number of ether oxygens (including phenoxy) is 1. The number of rotatable bonds is 8. The number of nitrogens with zero attached hydrogens (tertiary/aromatic N) is 2. The molecule has 1 N–H and O–H groups in total. The highest BCUT2D eigenvalue weighted by Crippen LogP contribution is 2.20. The summed E-state index contributed by atoms with van der Waals surface area (Å²) in [5.74, 6) is 0.535. The van der Waals surface area contributed by atoms with E-state index in [9.17, 15) is 14.3 Å². The second kappa shape index (κ2) is 12.7. The van der Waals surface area contributed by atoms with Crippen molar-refractivity contribution >= 4 is 36.3 Å². The molecule has 1 heterocycles. The quantitative estimate of drug-likeness (QED) is 0.609. The van der Waals surface area contributed by atoms with E-state index in [1.807, 2.05) is 17.9 Å². The maximum absolute atomic E-state index is 13.9. The predicted molar refractivity (Wildman–Crippen MR) is 122 cm³/mol. The highest BCUT2D eigenvalue weighted by molar-refractivity contribution is 5.95. The van der Waals surface area contributed by atoms with E-state index >= 15 is 0 Å². The van der Waals surface area contributed by atoms with Crippen LogP contribution in [0.2, 0.25) is 0 Å². The molecule has 0 saturated carbocycles. The molecule has 1 aliphatic rings. The van der Waals surface area contributed by atoms with Crippen molar-refractivity contribution in [2.45, 2.75) is 19.4 Å². The van der Waals surface area contributed by atoms with Gasteiger partial charge in [-0.25, -0.2) is 4.39 Å². The van der Waals surface area contributed by atoms with Gasteiger partial charge in [0.1, 0.15) is 24.3 Å². The van der Waals surface area contributed by atoms with Gasteiger partial charge in [-0.05, 0) is 36.4 Å². The van der Waals surface area contributed by atoms with Gasteiger partial charge in [0.25, 0.3) is 0 Å². The van der Waals surface area contributed by atoms with Crippen molar-refractivity contribution in [1.29, 1.82) is 0 Å². The van der Waals surface area contributed by atoms with Crippen LogP contribution in [-0.4, -0.2) is 61.2 Å². The topological polar surface area (TPSA) is 53.0 Å². The monoisotopic (exact) mass is 458 g/mol. The zero-order valence-electron chi connectivity index (χ0n) is 17.0. The Hall–Kier alpha value is -1.86. The maximum Gasteiger partial charge on any atom is 0.162 e. The fourth-order valence-corrected chi connectivity index (χ4v) is 3.36. The maximum atomic E-state index is 13.9. The first-order valence-corrected chi connectivity index (χ1v) is 9.72. The molecular weight excluding hydrogens is 430 g/mol. The van der Waals surface area contributed by atoms with E-state index in [0.717, 1.165) is 26.2 Å². The summed E-state index contributed by atoms with van der Waals surface area (Å²) in [5.41, 5.74) is 1.30. The minimum absolute atomic E-state index is 0. The molecule has 0 bridgehead atoms. The molecule has 0 radical (unpaired) electrons. The zero-order valence-corrected chi connectivity index (χ0v) is 18.6. The van der Waals surface area contributed by atoms with E-state index in [2.05, 4.69) is 4.90 Å². The molecule has 2 aromatic carbocycles. The van der Waals surface area contributed by atoms with Gasteiger partial charge in [-0.3, -0.25) is 9.69 Å². The Kier molecular flexibility index (Phi) is 11.1. The molecule has 0 aliphatic carbocycles. The van der Waals surface area contributed by atoms with Crippen molar-refractivity contribution in [3.63, 3.8) is 0 Å². The Morgan fingerprint density at radius 2 is 1.70 bits per heavy atom. The lowest BCUT2D eigenvalue weighted by atomic mass is 10.1. The van der Waals surface area contributed by atoms with Crippen LogP contribution in [0.25, 0.3) is 0 Å². The molecule has 2 aromatic rings. The fourth-order valence-electron chi connectivity index (χ4n) is 3.36. The van der Waals surface area contributed by atoms with Crippen LogP contribution in [0.3, 0.4) is 0 Å². The summed E-state index contributed by atoms with van der Waals surface area (Å²) in [5, 5.41) is 10.3. The molecule has 3 rings (SSSR count). The summed E-state index contributed by atoms with van der Waals surface area (Å²) in [4.78, 5) is 15.8. The summed E-state index contributed by atoms with van der Waals surface area (Å²) < 4.78 is 19.5. The van der Waals surface area contributed by atoms with Crippen LogP contribution in [0.15, 0.2) is 48.5 Å². The SMILES string of the molecule is CCC(=O)c1ccc(OCC(O)CN2CCN(c3ccccc3F)CC2)cc1.Cl.Cl. The van der Waals surface area contributed by atoms with Crippen molar-refractivity contribution < 1.29 is 19.0 Å². The molecule has 1 unspecified atom stereocenters. The summed E-state index contributed by atoms with van der Waals surface area (Å²) in [6.45, 7) is 5.51. The summed E-state index contributed by atoms with van der Waals surface area (Å²) >= 11 is 0. The number of aliphatic hydroxyl groups is 1. The van der Waals surface area contributed by atoms with E-state index in [-0.39, 0.29) is 43.0 Å². The first-order chi connectivity index (χ1) is 13.6. The number of para-hydroxylation sites is 1. The van der Waals surface area contributed by atoms with Gasteiger partial charge in [0, 0.05) is 44.7 Å². The second-order valence-corrected chi connectivity index (χ2v) is 7.01. The van der Waals surface area contributed by atoms with Crippen molar-refractivity contribution in [1.82, 2.24) is 4.90 Å². The zero-order chi connectivity index (χ0) is 19.9. The number of carbonyl (C=O) groups excluding carboxylic acids is 1. The fraction of sp³-hybridized carbons (Fsp3) is 0.409. The average Bonchev–Trinajstić information content (AvgIpc) is 2.73. The van der Waals surface area contributed by atoms with Gasteiger partial charge in [-0.15, -0.1) is 24.8 Å². The number of aliphatic hydroxyl groups excluding tert-OH is 1. The number of piperazine rings is 1. The normalized spacial score (nSPS) is 15.0. The second-order valence-electron chi connectivity index (χ2n) is 7.01. The molecule has 5 nitrogen and oxygen atoms in total. The smallest absolute Gasteiger partial charge is 0.162 e. The van der Waals surface area contributed by atoms with E-state index in [1.54, 1.807) is 36.4 Å². The molecule has 0 aromatic heterocycles. The molecule has 1 fully saturated rings. The third-order valence-corrected chi connectivity index (χ3v) is 4.97. The molecule has 8 heteroatoms. The largest absolute Gasteiger partial charge is 0.491 e. The van der Waals surface area contributed by atoms with Crippen molar-refractivity contribution in [3.8, 4) is 5.75 Å². The summed E-state index contributed by atoms with van der Waals surface area (Å²) in [6, 6.07) is 13.8. The van der Waals surface area contributed by atoms with E-state index in [4.69, 9.17) is 4.74 Å². The van der Waals surface area contributed by atoms with Crippen LogP contribution >= 0.6 is 24.8 Å². The van der Waals surface area contributed by atoms with Gasteiger partial charge in [0.15, 0.2) is 5.78 Å².